The monoisotopic (exact) mass is 202 g/mol. The third kappa shape index (κ3) is 1.63. The Hall–Kier alpha value is -1.02. The molecule has 1 atom stereocenters. The summed E-state index contributed by atoms with van der Waals surface area (Å²) in [4.78, 5) is 2.65. The summed E-state index contributed by atoms with van der Waals surface area (Å²) >= 11 is 0. The molecule has 0 spiro atoms. The molecular formula is C13H18N2. The van der Waals surface area contributed by atoms with Gasteiger partial charge in [0, 0.05) is 18.3 Å². The molecule has 1 saturated heterocycles. The average Bonchev–Trinajstić information content (AvgIpc) is 2.82. The van der Waals surface area contributed by atoms with E-state index in [4.69, 9.17) is 0 Å². The van der Waals surface area contributed by atoms with E-state index in [9.17, 15) is 0 Å². The summed E-state index contributed by atoms with van der Waals surface area (Å²) < 4.78 is 0. The molecule has 1 N–H and O–H groups in total. The maximum Gasteiger partial charge on any atom is 0.0388 e. The second-order valence-corrected chi connectivity index (χ2v) is 4.56. The smallest absolute Gasteiger partial charge is 0.0388 e. The van der Waals surface area contributed by atoms with Crippen LogP contribution in [-0.4, -0.2) is 24.5 Å². The minimum absolute atomic E-state index is 0.671. The van der Waals surface area contributed by atoms with Gasteiger partial charge in [0.1, 0.15) is 0 Å². The molecule has 0 amide bonds. The van der Waals surface area contributed by atoms with Crippen LogP contribution in [0.4, 0.5) is 5.69 Å². The van der Waals surface area contributed by atoms with Gasteiger partial charge in [-0.15, -0.1) is 0 Å². The van der Waals surface area contributed by atoms with E-state index in [1.54, 1.807) is 0 Å². The molecular weight excluding hydrogens is 184 g/mol. The average molecular weight is 202 g/mol. The van der Waals surface area contributed by atoms with Gasteiger partial charge in [-0.3, -0.25) is 4.90 Å². The Morgan fingerprint density at radius 2 is 1.93 bits per heavy atom. The Bertz CT molecular complexity index is 342. The van der Waals surface area contributed by atoms with Crippen molar-refractivity contribution in [2.24, 2.45) is 0 Å². The van der Waals surface area contributed by atoms with E-state index in [1.165, 1.54) is 43.6 Å². The number of anilines is 1. The van der Waals surface area contributed by atoms with Crippen LogP contribution in [0.2, 0.25) is 0 Å². The van der Waals surface area contributed by atoms with Crippen LogP contribution in [0.15, 0.2) is 24.3 Å². The van der Waals surface area contributed by atoms with Crippen LogP contribution in [0.5, 0.6) is 0 Å². The molecule has 0 aliphatic carbocycles. The van der Waals surface area contributed by atoms with Gasteiger partial charge < -0.3 is 5.32 Å². The van der Waals surface area contributed by atoms with Crippen molar-refractivity contribution in [1.82, 2.24) is 4.90 Å². The molecule has 0 radical (unpaired) electrons. The molecule has 2 heterocycles. The molecule has 2 aliphatic heterocycles. The number of para-hydroxylation sites is 1. The molecule has 15 heavy (non-hydrogen) atoms. The lowest BCUT2D eigenvalue weighted by Gasteiger charge is -2.33. The molecule has 80 valence electrons. The lowest BCUT2D eigenvalue weighted by molar-refractivity contribution is 0.234. The van der Waals surface area contributed by atoms with Crippen molar-refractivity contribution >= 4 is 5.69 Å². The van der Waals surface area contributed by atoms with Gasteiger partial charge in [-0.25, -0.2) is 0 Å². The Morgan fingerprint density at radius 1 is 1.13 bits per heavy atom. The number of benzene rings is 1. The van der Waals surface area contributed by atoms with Crippen molar-refractivity contribution in [2.45, 2.75) is 25.3 Å². The van der Waals surface area contributed by atoms with E-state index >= 15 is 0 Å². The molecule has 1 aromatic rings. The van der Waals surface area contributed by atoms with E-state index in [1.807, 2.05) is 0 Å². The summed E-state index contributed by atoms with van der Waals surface area (Å²) in [6, 6.07) is 9.44. The predicted molar refractivity (Wildman–Crippen MR) is 63.1 cm³/mol. The van der Waals surface area contributed by atoms with Crippen molar-refractivity contribution in [3.05, 3.63) is 29.8 Å². The fraction of sp³-hybridized carbons (Fsp3) is 0.538. The first-order chi connectivity index (χ1) is 7.45. The largest absolute Gasteiger partial charge is 0.385 e. The maximum absolute atomic E-state index is 3.49. The summed E-state index contributed by atoms with van der Waals surface area (Å²) in [5.74, 6) is 0. The summed E-state index contributed by atoms with van der Waals surface area (Å²) in [6.45, 7) is 3.70. The number of nitrogens with zero attached hydrogens (tertiary/aromatic N) is 1. The molecule has 1 fully saturated rings. The topological polar surface area (TPSA) is 15.3 Å². The van der Waals surface area contributed by atoms with Gasteiger partial charge in [-0.05, 0) is 44.0 Å². The van der Waals surface area contributed by atoms with Crippen molar-refractivity contribution < 1.29 is 0 Å². The number of hydrogen-bond acceptors (Lipinski definition) is 2. The molecule has 0 bridgehead atoms. The van der Waals surface area contributed by atoms with Gasteiger partial charge in [0.05, 0.1) is 0 Å². The number of nitrogens with one attached hydrogen (secondary N) is 1. The van der Waals surface area contributed by atoms with Crippen molar-refractivity contribution in [2.75, 3.05) is 25.0 Å². The number of hydrogen-bond donors (Lipinski definition) is 1. The molecule has 2 aliphatic rings. The van der Waals surface area contributed by atoms with Crippen LogP contribution >= 0.6 is 0 Å². The molecule has 1 unspecified atom stereocenters. The molecule has 1 aromatic carbocycles. The summed E-state index contributed by atoms with van der Waals surface area (Å²) in [6.07, 6.45) is 4.02. The normalized spacial score (nSPS) is 26.0. The first-order valence-corrected chi connectivity index (χ1v) is 6.02. The van der Waals surface area contributed by atoms with Crippen molar-refractivity contribution in [1.29, 1.82) is 0 Å². The highest BCUT2D eigenvalue weighted by Crippen LogP contribution is 2.35. The summed E-state index contributed by atoms with van der Waals surface area (Å²) in [5.41, 5.74) is 2.85. The van der Waals surface area contributed by atoms with Crippen LogP contribution in [0.3, 0.4) is 0 Å². The zero-order chi connectivity index (χ0) is 10.1. The highest BCUT2D eigenvalue weighted by atomic mass is 15.2. The Labute approximate surface area is 91.3 Å². The molecule has 0 aromatic heterocycles. The second-order valence-electron chi connectivity index (χ2n) is 4.56. The van der Waals surface area contributed by atoms with E-state index in [2.05, 4.69) is 34.5 Å². The highest BCUT2D eigenvalue weighted by molar-refractivity contribution is 5.54. The van der Waals surface area contributed by atoms with E-state index in [0.717, 1.165) is 6.54 Å². The van der Waals surface area contributed by atoms with Crippen molar-refractivity contribution in [3.8, 4) is 0 Å². The lowest BCUT2D eigenvalue weighted by Crippen LogP contribution is -2.30. The SMILES string of the molecule is c1ccc2c(c1)NCCC2N1CCCC1. The van der Waals surface area contributed by atoms with Gasteiger partial charge in [0.2, 0.25) is 0 Å². The third-order valence-corrected chi connectivity index (χ3v) is 3.63. The number of likely N-dealkylation sites (tertiary alicyclic amines) is 1. The van der Waals surface area contributed by atoms with E-state index in [-0.39, 0.29) is 0 Å². The zero-order valence-corrected chi connectivity index (χ0v) is 9.08. The van der Waals surface area contributed by atoms with Crippen LogP contribution < -0.4 is 5.32 Å². The van der Waals surface area contributed by atoms with Crippen molar-refractivity contribution in [3.63, 3.8) is 0 Å². The Morgan fingerprint density at radius 3 is 2.80 bits per heavy atom. The molecule has 2 nitrogen and oxygen atoms in total. The molecule has 3 rings (SSSR count). The zero-order valence-electron chi connectivity index (χ0n) is 9.08. The van der Waals surface area contributed by atoms with Gasteiger partial charge in [-0.2, -0.15) is 0 Å². The lowest BCUT2D eigenvalue weighted by atomic mass is 9.97. The van der Waals surface area contributed by atoms with Crippen LogP contribution in [0.1, 0.15) is 30.9 Å². The van der Waals surface area contributed by atoms with E-state index < -0.39 is 0 Å². The molecule has 2 heteroatoms. The number of fused-ring (bicyclic) bond motifs is 1. The number of rotatable bonds is 1. The minimum Gasteiger partial charge on any atom is -0.385 e. The maximum atomic E-state index is 3.49. The van der Waals surface area contributed by atoms with Gasteiger partial charge in [0.25, 0.3) is 0 Å². The van der Waals surface area contributed by atoms with Crippen LogP contribution in [-0.2, 0) is 0 Å². The Balaban J connectivity index is 1.91. The second kappa shape index (κ2) is 3.86. The fourth-order valence-corrected chi connectivity index (χ4v) is 2.88. The van der Waals surface area contributed by atoms with Crippen LogP contribution in [0, 0.1) is 0 Å². The first-order valence-electron chi connectivity index (χ1n) is 6.02. The van der Waals surface area contributed by atoms with E-state index in [0.29, 0.717) is 6.04 Å². The van der Waals surface area contributed by atoms with Crippen LogP contribution in [0.25, 0.3) is 0 Å². The summed E-state index contributed by atoms with van der Waals surface area (Å²) in [7, 11) is 0. The quantitative estimate of drug-likeness (QED) is 0.753. The minimum atomic E-state index is 0.671. The highest BCUT2D eigenvalue weighted by Gasteiger charge is 2.27. The first kappa shape index (κ1) is 9.22. The van der Waals surface area contributed by atoms with Gasteiger partial charge >= 0.3 is 0 Å². The predicted octanol–water partition coefficient (Wildman–Crippen LogP) is 2.64. The molecule has 0 saturated carbocycles. The van der Waals surface area contributed by atoms with Gasteiger partial charge in [0.15, 0.2) is 0 Å². The standard InChI is InChI=1S/C13H18N2/c1-2-6-12-11(5-1)13(7-8-14-12)15-9-3-4-10-15/h1-2,5-6,13-14H,3-4,7-10H2. The third-order valence-electron chi connectivity index (χ3n) is 3.63. The summed E-state index contributed by atoms with van der Waals surface area (Å²) in [5, 5.41) is 3.49. The Kier molecular flexibility index (Phi) is 2.37. The fourth-order valence-electron chi connectivity index (χ4n) is 2.88. The van der Waals surface area contributed by atoms with Gasteiger partial charge in [-0.1, -0.05) is 18.2 Å².